The van der Waals surface area contributed by atoms with Crippen LogP contribution in [0.15, 0.2) is 18.2 Å². The van der Waals surface area contributed by atoms with Crippen LogP contribution in [0.4, 0.5) is 11.4 Å². The predicted molar refractivity (Wildman–Crippen MR) is 55.0 cm³/mol. The highest BCUT2D eigenvalue weighted by atomic mass is 16.4. The smallest absolute Gasteiger partial charge is 0.423 e. The Hall–Kier alpha value is -1.20. The Bertz CT molecular complexity index is 276. The van der Waals surface area contributed by atoms with Gasteiger partial charge in [0.1, 0.15) is 0 Å². The summed E-state index contributed by atoms with van der Waals surface area (Å²) in [5.41, 5.74) is 7.36. The molecule has 0 unspecified atom stereocenters. The van der Waals surface area contributed by atoms with Gasteiger partial charge < -0.3 is 20.7 Å². The highest BCUT2D eigenvalue weighted by molar-refractivity contribution is 6.58. The average Bonchev–Trinajstić information content (AvgIpc) is 2.03. The topological polar surface area (TPSA) is 69.7 Å². The summed E-state index contributed by atoms with van der Waals surface area (Å²) in [5, 5.41) is 17.9. The normalized spacial score (nSPS) is 9.85. The first-order chi connectivity index (χ1) is 6.00. The van der Waals surface area contributed by atoms with Crippen molar-refractivity contribution in [2.24, 2.45) is 0 Å². The molecule has 0 aromatic heterocycles. The van der Waals surface area contributed by atoms with Crippen LogP contribution in [-0.2, 0) is 0 Å². The van der Waals surface area contributed by atoms with Crippen molar-refractivity contribution in [1.82, 2.24) is 0 Å². The van der Waals surface area contributed by atoms with E-state index in [1.54, 1.807) is 12.1 Å². The molecule has 5 heteroatoms. The monoisotopic (exact) mass is 180 g/mol. The van der Waals surface area contributed by atoms with Crippen LogP contribution in [0.2, 0.25) is 0 Å². The lowest BCUT2D eigenvalue weighted by Gasteiger charge is -2.14. The predicted octanol–water partition coefficient (Wildman–Crippen LogP) is -0.985. The molecule has 0 fully saturated rings. The molecule has 70 valence electrons. The summed E-state index contributed by atoms with van der Waals surface area (Å²) in [4.78, 5) is 1.85. The SMILES string of the molecule is CN(C)c1cc(N)cc(B(O)O)c1. The van der Waals surface area contributed by atoms with Crippen molar-refractivity contribution in [3.8, 4) is 0 Å². The van der Waals surface area contributed by atoms with E-state index in [1.165, 1.54) is 6.07 Å². The van der Waals surface area contributed by atoms with Crippen LogP contribution in [0.1, 0.15) is 0 Å². The fraction of sp³-hybridized carbons (Fsp3) is 0.250. The van der Waals surface area contributed by atoms with Gasteiger partial charge in [-0.25, -0.2) is 0 Å². The molecule has 0 amide bonds. The molecule has 0 aliphatic rings. The first-order valence-corrected chi connectivity index (χ1v) is 3.94. The number of hydrogen-bond donors (Lipinski definition) is 3. The first-order valence-electron chi connectivity index (χ1n) is 3.94. The van der Waals surface area contributed by atoms with E-state index in [-0.39, 0.29) is 0 Å². The Morgan fingerprint density at radius 3 is 2.31 bits per heavy atom. The van der Waals surface area contributed by atoms with Crippen LogP contribution in [0, 0.1) is 0 Å². The van der Waals surface area contributed by atoms with Crippen molar-refractivity contribution < 1.29 is 10.0 Å². The summed E-state index contributed by atoms with van der Waals surface area (Å²) < 4.78 is 0. The maximum atomic E-state index is 8.94. The second kappa shape index (κ2) is 3.68. The lowest BCUT2D eigenvalue weighted by molar-refractivity contribution is 0.426. The van der Waals surface area contributed by atoms with E-state index in [9.17, 15) is 0 Å². The Labute approximate surface area is 77.7 Å². The molecule has 13 heavy (non-hydrogen) atoms. The van der Waals surface area contributed by atoms with Gasteiger partial charge in [-0.05, 0) is 23.7 Å². The Kier molecular flexibility index (Phi) is 2.80. The summed E-state index contributed by atoms with van der Waals surface area (Å²) in [6.07, 6.45) is 0. The van der Waals surface area contributed by atoms with Crippen molar-refractivity contribution in [2.45, 2.75) is 0 Å². The molecule has 0 aliphatic heterocycles. The van der Waals surface area contributed by atoms with E-state index < -0.39 is 7.12 Å². The van der Waals surface area contributed by atoms with E-state index in [1.807, 2.05) is 19.0 Å². The van der Waals surface area contributed by atoms with E-state index >= 15 is 0 Å². The van der Waals surface area contributed by atoms with Crippen LogP contribution >= 0.6 is 0 Å². The molecule has 1 rings (SSSR count). The molecule has 0 spiro atoms. The molecule has 4 nitrogen and oxygen atoms in total. The Morgan fingerprint density at radius 2 is 1.85 bits per heavy atom. The highest BCUT2D eigenvalue weighted by Gasteiger charge is 2.12. The van der Waals surface area contributed by atoms with Crippen molar-refractivity contribution in [3.63, 3.8) is 0 Å². The van der Waals surface area contributed by atoms with Crippen molar-refractivity contribution in [3.05, 3.63) is 18.2 Å². The van der Waals surface area contributed by atoms with Gasteiger partial charge >= 0.3 is 7.12 Å². The third-order valence-electron chi connectivity index (χ3n) is 1.78. The molecule has 4 N–H and O–H groups in total. The van der Waals surface area contributed by atoms with Crippen LogP contribution in [0.25, 0.3) is 0 Å². The molecule has 0 aliphatic carbocycles. The van der Waals surface area contributed by atoms with Gasteiger partial charge in [0.2, 0.25) is 0 Å². The number of hydrogen-bond acceptors (Lipinski definition) is 4. The quantitative estimate of drug-likeness (QED) is 0.404. The summed E-state index contributed by atoms with van der Waals surface area (Å²) in [5.74, 6) is 0. The zero-order chi connectivity index (χ0) is 10.0. The van der Waals surface area contributed by atoms with E-state index in [0.29, 0.717) is 11.2 Å². The maximum Gasteiger partial charge on any atom is 0.488 e. The van der Waals surface area contributed by atoms with Crippen LogP contribution in [0.5, 0.6) is 0 Å². The zero-order valence-corrected chi connectivity index (χ0v) is 7.73. The van der Waals surface area contributed by atoms with Crippen molar-refractivity contribution in [2.75, 3.05) is 24.7 Å². The highest BCUT2D eigenvalue weighted by Crippen LogP contribution is 2.13. The summed E-state index contributed by atoms with van der Waals surface area (Å²) in [6, 6.07) is 4.99. The summed E-state index contributed by atoms with van der Waals surface area (Å²) in [7, 11) is 2.26. The molecule has 0 radical (unpaired) electrons. The van der Waals surface area contributed by atoms with Gasteiger partial charge in [-0.2, -0.15) is 0 Å². The lowest BCUT2D eigenvalue weighted by Crippen LogP contribution is -2.30. The molecule has 0 saturated heterocycles. The van der Waals surface area contributed by atoms with E-state index in [0.717, 1.165) is 5.69 Å². The van der Waals surface area contributed by atoms with Gasteiger partial charge in [0, 0.05) is 25.5 Å². The number of rotatable bonds is 2. The molecule has 0 atom stereocenters. The fourth-order valence-electron chi connectivity index (χ4n) is 1.07. The molecular weight excluding hydrogens is 167 g/mol. The number of nitrogens with two attached hydrogens (primary N) is 1. The Morgan fingerprint density at radius 1 is 1.23 bits per heavy atom. The minimum absolute atomic E-state index is 0.406. The minimum atomic E-state index is -1.47. The molecule has 0 heterocycles. The molecule has 1 aromatic carbocycles. The lowest BCUT2D eigenvalue weighted by atomic mass is 9.80. The first kappa shape index (κ1) is 9.89. The summed E-state index contributed by atoms with van der Waals surface area (Å²) in [6.45, 7) is 0. The minimum Gasteiger partial charge on any atom is -0.423 e. The van der Waals surface area contributed by atoms with Gasteiger partial charge in [0.15, 0.2) is 0 Å². The standard InChI is InChI=1S/C8H13BN2O2/c1-11(2)8-4-6(9(12)13)3-7(10)5-8/h3-5,12-13H,10H2,1-2H3. The number of nitrogen functional groups attached to an aromatic ring is 1. The second-order valence-electron chi connectivity index (χ2n) is 3.13. The van der Waals surface area contributed by atoms with Crippen LogP contribution in [0.3, 0.4) is 0 Å². The van der Waals surface area contributed by atoms with Gasteiger partial charge in [-0.1, -0.05) is 0 Å². The number of anilines is 2. The second-order valence-corrected chi connectivity index (χ2v) is 3.13. The van der Waals surface area contributed by atoms with Crippen LogP contribution in [-0.4, -0.2) is 31.3 Å². The number of benzene rings is 1. The molecule has 1 aromatic rings. The van der Waals surface area contributed by atoms with E-state index in [2.05, 4.69) is 0 Å². The third-order valence-corrected chi connectivity index (χ3v) is 1.78. The van der Waals surface area contributed by atoms with E-state index in [4.69, 9.17) is 15.8 Å². The van der Waals surface area contributed by atoms with Gasteiger partial charge in [0.25, 0.3) is 0 Å². The molecular formula is C8H13BN2O2. The zero-order valence-electron chi connectivity index (χ0n) is 7.73. The van der Waals surface area contributed by atoms with Gasteiger partial charge in [0.05, 0.1) is 0 Å². The number of nitrogens with zero attached hydrogens (tertiary/aromatic N) is 1. The van der Waals surface area contributed by atoms with Crippen molar-refractivity contribution in [1.29, 1.82) is 0 Å². The third kappa shape index (κ3) is 2.37. The Balaban J connectivity index is 3.11. The largest absolute Gasteiger partial charge is 0.488 e. The molecule has 0 saturated carbocycles. The summed E-state index contributed by atoms with van der Waals surface area (Å²) >= 11 is 0. The van der Waals surface area contributed by atoms with Crippen LogP contribution < -0.4 is 16.1 Å². The maximum absolute atomic E-state index is 8.94. The van der Waals surface area contributed by atoms with Crippen molar-refractivity contribution >= 4 is 24.0 Å². The molecule has 0 bridgehead atoms. The fourth-order valence-corrected chi connectivity index (χ4v) is 1.07. The van der Waals surface area contributed by atoms with Gasteiger partial charge in [-0.15, -0.1) is 0 Å². The van der Waals surface area contributed by atoms with Gasteiger partial charge in [-0.3, -0.25) is 0 Å². The average molecular weight is 180 g/mol.